The van der Waals surface area contributed by atoms with Gasteiger partial charge in [0.25, 0.3) is 5.91 Å². The van der Waals surface area contributed by atoms with Gasteiger partial charge in [-0.25, -0.2) is 4.39 Å². The molecule has 6 nitrogen and oxygen atoms in total. The van der Waals surface area contributed by atoms with Gasteiger partial charge in [0.1, 0.15) is 17.6 Å². The number of rotatable bonds is 2. The Morgan fingerprint density at radius 2 is 2.07 bits per heavy atom. The molecular weight excluding hydrogens is 347 g/mol. The first-order chi connectivity index (χ1) is 13.1. The smallest absolute Gasteiger partial charge is 0.270 e. The summed E-state index contributed by atoms with van der Waals surface area (Å²) in [5, 5.41) is 9.60. The monoisotopic (exact) mass is 368 g/mol. The summed E-state index contributed by atoms with van der Waals surface area (Å²) < 4.78 is 13.8. The molecule has 2 aromatic rings. The zero-order valence-electron chi connectivity index (χ0n) is 15.0. The number of likely N-dealkylation sites (tertiary alicyclic amines) is 2. The summed E-state index contributed by atoms with van der Waals surface area (Å²) in [6.45, 7) is 2.04. The molecule has 2 amide bonds. The van der Waals surface area contributed by atoms with Gasteiger partial charge in [0.15, 0.2) is 0 Å². The lowest BCUT2D eigenvalue weighted by molar-refractivity contribution is -0.129. The summed E-state index contributed by atoms with van der Waals surface area (Å²) in [6, 6.07) is 6.41. The van der Waals surface area contributed by atoms with Crippen molar-refractivity contribution in [1.29, 1.82) is 5.26 Å². The maximum Gasteiger partial charge on any atom is 0.270 e. The van der Waals surface area contributed by atoms with Crippen LogP contribution in [0.15, 0.2) is 18.2 Å². The highest BCUT2D eigenvalue weighted by Crippen LogP contribution is 2.25. The second kappa shape index (κ2) is 7.03. The van der Waals surface area contributed by atoms with Crippen molar-refractivity contribution in [3.8, 4) is 6.07 Å². The number of benzene rings is 1. The van der Waals surface area contributed by atoms with Gasteiger partial charge in [-0.2, -0.15) is 5.26 Å². The van der Waals surface area contributed by atoms with Crippen LogP contribution in [0.3, 0.4) is 0 Å². The average Bonchev–Trinajstić information content (AvgIpc) is 3.20. The number of halogens is 1. The van der Waals surface area contributed by atoms with E-state index in [0.717, 1.165) is 32.2 Å². The van der Waals surface area contributed by atoms with Gasteiger partial charge in [0.2, 0.25) is 5.91 Å². The van der Waals surface area contributed by atoms with Crippen molar-refractivity contribution < 1.29 is 14.0 Å². The van der Waals surface area contributed by atoms with E-state index in [1.54, 1.807) is 17.0 Å². The lowest BCUT2D eigenvalue weighted by Crippen LogP contribution is -2.37. The van der Waals surface area contributed by atoms with Crippen LogP contribution in [0, 0.1) is 17.1 Å². The number of hydrogen-bond acceptors (Lipinski definition) is 3. The number of aromatic amines is 1. The van der Waals surface area contributed by atoms with Crippen molar-refractivity contribution in [1.82, 2.24) is 14.8 Å². The van der Waals surface area contributed by atoms with Gasteiger partial charge in [-0.3, -0.25) is 9.59 Å². The highest BCUT2D eigenvalue weighted by molar-refractivity contribution is 5.99. The number of nitrogens with zero attached hydrogens (tertiary/aromatic N) is 3. The molecule has 2 fully saturated rings. The highest BCUT2D eigenvalue weighted by Gasteiger charge is 2.30. The predicted molar refractivity (Wildman–Crippen MR) is 97.5 cm³/mol. The number of hydrogen-bond donors (Lipinski definition) is 1. The number of H-pyrrole nitrogens is 1. The van der Waals surface area contributed by atoms with Gasteiger partial charge >= 0.3 is 0 Å². The Morgan fingerprint density at radius 3 is 2.81 bits per heavy atom. The SMILES string of the molecule is N#Cc1c(F)ccc2[nH]c(C(=O)N3CCCC(N4CCCC4=O)CC3)cc12. The molecule has 27 heavy (non-hydrogen) atoms. The van der Waals surface area contributed by atoms with Crippen molar-refractivity contribution in [2.24, 2.45) is 0 Å². The van der Waals surface area contributed by atoms with Crippen molar-refractivity contribution >= 4 is 22.7 Å². The third-order valence-electron chi connectivity index (χ3n) is 5.63. The number of nitriles is 1. The zero-order valence-corrected chi connectivity index (χ0v) is 15.0. The molecule has 0 spiro atoms. The molecule has 140 valence electrons. The molecule has 7 heteroatoms. The minimum atomic E-state index is -0.587. The third kappa shape index (κ3) is 3.16. The highest BCUT2D eigenvalue weighted by atomic mass is 19.1. The van der Waals surface area contributed by atoms with Gasteiger partial charge in [-0.05, 0) is 43.9 Å². The molecule has 1 aromatic carbocycles. The molecule has 1 aromatic heterocycles. The van der Waals surface area contributed by atoms with Crippen LogP contribution in [-0.2, 0) is 4.79 Å². The molecule has 4 rings (SSSR count). The number of fused-ring (bicyclic) bond motifs is 1. The largest absolute Gasteiger partial charge is 0.350 e. The van der Waals surface area contributed by atoms with Crippen molar-refractivity contribution in [2.75, 3.05) is 19.6 Å². The van der Waals surface area contributed by atoms with Gasteiger partial charge in [0, 0.05) is 43.0 Å². The molecule has 0 bridgehead atoms. The lowest BCUT2D eigenvalue weighted by atomic mass is 10.1. The second-order valence-electron chi connectivity index (χ2n) is 7.25. The first-order valence-corrected chi connectivity index (χ1v) is 9.38. The number of carbonyl (C=O) groups excluding carboxylic acids is 2. The summed E-state index contributed by atoms with van der Waals surface area (Å²) in [6.07, 6.45) is 4.08. The lowest BCUT2D eigenvalue weighted by Gasteiger charge is -2.26. The van der Waals surface area contributed by atoms with Gasteiger partial charge < -0.3 is 14.8 Å². The van der Waals surface area contributed by atoms with E-state index in [9.17, 15) is 19.2 Å². The van der Waals surface area contributed by atoms with Crippen LogP contribution in [0.1, 0.15) is 48.2 Å². The van der Waals surface area contributed by atoms with E-state index < -0.39 is 5.82 Å². The Bertz CT molecular complexity index is 945. The van der Waals surface area contributed by atoms with Gasteiger partial charge in [-0.15, -0.1) is 0 Å². The van der Waals surface area contributed by atoms with Crippen molar-refractivity contribution in [3.05, 3.63) is 35.3 Å². The number of aromatic nitrogens is 1. The summed E-state index contributed by atoms with van der Waals surface area (Å²) in [7, 11) is 0. The van der Waals surface area contributed by atoms with E-state index in [1.165, 1.54) is 6.07 Å². The van der Waals surface area contributed by atoms with E-state index in [1.807, 2.05) is 11.0 Å². The number of carbonyl (C=O) groups is 2. The molecule has 1 atom stereocenters. The van der Waals surface area contributed by atoms with Gasteiger partial charge in [-0.1, -0.05) is 0 Å². The van der Waals surface area contributed by atoms with Crippen LogP contribution in [0.5, 0.6) is 0 Å². The molecule has 1 N–H and O–H groups in total. The van der Waals surface area contributed by atoms with E-state index in [-0.39, 0.29) is 23.4 Å². The van der Waals surface area contributed by atoms with Crippen LogP contribution in [0.25, 0.3) is 10.9 Å². The van der Waals surface area contributed by atoms with E-state index >= 15 is 0 Å². The first-order valence-electron chi connectivity index (χ1n) is 9.38. The topological polar surface area (TPSA) is 80.2 Å². The Morgan fingerprint density at radius 1 is 1.22 bits per heavy atom. The quantitative estimate of drug-likeness (QED) is 0.885. The van der Waals surface area contributed by atoms with Crippen molar-refractivity contribution in [3.63, 3.8) is 0 Å². The molecule has 1 unspecified atom stereocenters. The molecule has 0 radical (unpaired) electrons. The summed E-state index contributed by atoms with van der Waals surface area (Å²) >= 11 is 0. The summed E-state index contributed by atoms with van der Waals surface area (Å²) in [4.78, 5) is 31.7. The van der Waals surface area contributed by atoms with Gasteiger partial charge in [0.05, 0.1) is 5.56 Å². The fourth-order valence-corrected chi connectivity index (χ4v) is 4.23. The van der Waals surface area contributed by atoms with Crippen LogP contribution in [0.4, 0.5) is 4.39 Å². The van der Waals surface area contributed by atoms with E-state index in [4.69, 9.17) is 0 Å². The molecule has 2 aliphatic rings. The minimum absolute atomic E-state index is 0.0497. The standard InChI is InChI=1S/C20H21FN4O2/c21-16-5-6-17-14(15(16)12-22)11-18(23-17)20(27)24-8-1-3-13(7-10-24)25-9-2-4-19(25)26/h5-6,11,13,23H,1-4,7-10H2. The van der Waals surface area contributed by atoms with E-state index in [2.05, 4.69) is 4.98 Å². The van der Waals surface area contributed by atoms with Crippen LogP contribution in [-0.4, -0.2) is 52.3 Å². The Labute approximate surface area is 156 Å². The van der Waals surface area contributed by atoms with Crippen LogP contribution in [0.2, 0.25) is 0 Å². The third-order valence-corrected chi connectivity index (χ3v) is 5.63. The summed E-state index contributed by atoms with van der Waals surface area (Å²) in [5.41, 5.74) is 0.890. The molecule has 0 saturated carbocycles. The summed E-state index contributed by atoms with van der Waals surface area (Å²) in [5.74, 6) is -0.513. The molecule has 0 aliphatic carbocycles. The maximum atomic E-state index is 13.8. The fourth-order valence-electron chi connectivity index (χ4n) is 4.23. The van der Waals surface area contributed by atoms with Crippen LogP contribution < -0.4 is 0 Å². The van der Waals surface area contributed by atoms with E-state index in [0.29, 0.717) is 36.1 Å². The fraction of sp³-hybridized carbons (Fsp3) is 0.450. The van der Waals surface area contributed by atoms with Crippen molar-refractivity contribution in [2.45, 2.75) is 38.1 Å². The Hall–Kier alpha value is -2.88. The zero-order chi connectivity index (χ0) is 19.0. The molecular formula is C20H21FN4O2. The minimum Gasteiger partial charge on any atom is -0.350 e. The Balaban J connectivity index is 1.52. The normalized spacial score (nSPS) is 20.7. The maximum absolute atomic E-state index is 13.8. The first kappa shape index (κ1) is 17.5. The molecule has 2 aliphatic heterocycles. The number of amides is 2. The Kier molecular flexibility index (Phi) is 4.56. The average molecular weight is 368 g/mol. The molecule has 2 saturated heterocycles. The number of nitrogens with one attached hydrogen (secondary N) is 1. The molecule has 3 heterocycles. The van der Waals surface area contributed by atoms with Crippen LogP contribution >= 0.6 is 0 Å². The second-order valence-corrected chi connectivity index (χ2v) is 7.25. The predicted octanol–water partition coefficient (Wildman–Crippen LogP) is 2.80.